The lowest BCUT2D eigenvalue weighted by Gasteiger charge is -1.92. The highest BCUT2D eigenvalue weighted by Crippen LogP contribution is 1.83. The topological polar surface area (TPSA) is 21.6 Å². The number of nitrogens with zero attached hydrogens (tertiary/aromatic N) is 1. The Kier molecular flexibility index (Phi) is 1.92. The molecule has 0 amide bonds. The van der Waals surface area contributed by atoms with Gasteiger partial charge in [-0.1, -0.05) is 6.08 Å². The first kappa shape index (κ1) is 5.09. The molecule has 42 valence electrons. The SMILES string of the molecule is C1=C\C=N/CO\C=C/1. The Hall–Kier alpha value is -1.05. The number of allylic oxidation sites excluding steroid dienone is 3. The van der Waals surface area contributed by atoms with Crippen LogP contribution in [0.15, 0.2) is 29.5 Å². The molecule has 0 aliphatic carbocycles. The van der Waals surface area contributed by atoms with Crippen molar-refractivity contribution in [2.75, 3.05) is 6.73 Å². The molecule has 0 aromatic heterocycles. The molecule has 8 heavy (non-hydrogen) atoms. The van der Waals surface area contributed by atoms with Gasteiger partial charge >= 0.3 is 0 Å². The van der Waals surface area contributed by atoms with Gasteiger partial charge in [0, 0.05) is 6.21 Å². The lowest BCUT2D eigenvalue weighted by Crippen LogP contribution is -1.82. The summed E-state index contributed by atoms with van der Waals surface area (Å²) in [5.41, 5.74) is 0. The third kappa shape index (κ3) is 1.60. The maximum atomic E-state index is 4.84. The van der Waals surface area contributed by atoms with Crippen LogP contribution >= 0.6 is 0 Å². The maximum absolute atomic E-state index is 4.84. The summed E-state index contributed by atoms with van der Waals surface area (Å²) < 4.78 is 4.84. The zero-order valence-corrected chi connectivity index (χ0v) is 4.45. The van der Waals surface area contributed by atoms with E-state index in [4.69, 9.17) is 4.74 Å². The summed E-state index contributed by atoms with van der Waals surface area (Å²) in [5, 5.41) is 0. The van der Waals surface area contributed by atoms with Crippen LogP contribution in [0, 0.1) is 0 Å². The summed E-state index contributed by atoms with van der Waals surface area (Å²) in [4.78, 5) is 3.85. The molecule has 0 saturated heterocycles. The quantitative estimate of drug-likeness (QED) is 0.456. The number of aliphatic imine (C=N–C) groups is 1. The molecule has 0 saturated carbocycles. The van der Waals surface area contributed by atoms with Gasteiger partial charge in [0.05, 0.1) is 6.26 Å². The van der Waals surface area contributed by atoms with Crippen LogP contribution in [0.5, 0.6) is 0 Å². The van der Waals surface area contributed by atoms with Gasteiger partial charge in [-0.3, -0.25) is 4.99 Å². The molecule has 2 nitrogen and oxygen atoms in total. The van der Waals surface area contributed by atoms with Gasteiger partial charge in [-0.25, -0.2) is 0 Å². The highest BCUT2D eigenvalue weighted by atomic mass is 16.5. The predicted molar refractivity (Wildman–Crippen MR) is 32.7 cm³/mol. The second kappa shape index (κ2) is 3.02. The molecule has 0 N–H and O–H groups in total. The molecule has 0 unspecified atom stereocenters. The lowest BCUT2D eigenvalue weighted by atomic mass is 10.5. The Bertz CT molecular complexity index is 119. The second-order valence-electron chi connectivity index (χ2n) is 1.34. The van der Waals surface area contributed by atoms with Crippen molar-refractivity contribution >= 4 is 6.21 Å². The van der Waals surface area contributed by atoms with Crippen LogP contribution in [0.25, 0.3) is 0 Å². The van der Waals surface area contributed by atoms with Crippen molar-refractivity contribution in [3.63, 3.8) is 0 Å². The summed E-state index contributed by atoms with van der Waals surface area (Å²) in [6, 6.07) is 0. The van der Waals surface area contributed by atoms with Crippen LogP contribution < -0.4 is 0 Å². The molecule has 0 spiro atoms. The van der Waals surface area contributed by atoms with E-state index in [9.17, 15) is 0 Å². The van der Waals surface area contributed by atoms with Gasteiger partial charge < -0.3 is 4.74 Å². The molecule has 0 fully saturated rings. The predicted octanol–water partition coefficient (Wildman–Crippen LogP) is 1.11. The average molecular weight is 109 g/mol. The monoisotopic (exact) mass is 109 g/mol. The third-order valence-electron chi connectivity index (χ3n) is 0.738. The highest BCUT2D eigenvalue weighted by molar-refractivity contribution is 5.71. The van der Waals surface area contributed by atoms with E-state index in [0.29, 0.717) is 6.73 Å². The number of ether oxygens (including phenoxy) is 1. The van der Waals surface area contributed by atoms with Crippen LogP contribution in [-0.2, 0) is 4.74 Å². The van der Waals surface area contributed by atoms with E-state index < -0.39 is 0 Å². The van der Waals surface area contributed by atoms with E-state index in [0.717, 1.165) is 0 Å². The standard InChI is InChI=1S/C6H7NO/c1-2-4-7-6-8-5-3-1/h1-5H,6H2/b2-1-,5-3-,7-4-. The first-order valence-corrected chi connectivity index (χ1v) is 2.43. The van der Waals surface area contributed by atoms with Gasteiger partial charge in [0.1, 0.15) is 0 Å². The fraction of sp³-hybridized carbons (Fsp3) is 0.167. The van der Waals surface area contributed by atoms with Crippen molar-refractivity contribution in [1.82, 2.24) is 0 Å². The molecule has 1 aliphatic heterocycles. The van der Waals surface area contributed by atoms with E-state index in [1.807, 2.05) is 18.2 Å². The van der Waals surface area contributed by atoms with Gasteiger partial charge in [0.2, 0.25) is 0 Å². The number of hydrogen-bond donors (Lipinski definition) is 0. The molecule has 1 heterocycles. The van der Waals surface area contributed by atoms with Crippen molar-refractivity contribution in [1.29, 1.82) is 0 Å². The Morgan fingerprint density at radius 2 is 2.25 bits per heavy atom. The molecular weight excluding hydrogens is 102 g/mol. The summed E-state index contributed by atoms with van der Waals surface area (Å²) >= 11 is 0. The van der Waals surface area contributed by atoms with Gasteiger partial charge in [-0.15, -0.1) is 0 Å². The molecule has 2 heteroatoms. The summed E-state index contributed by atoms with van der Waals surface area (Å²) in [6.45, 7) is 0.431. The molecule has 0 atom stereocenters. The van der Waals surface area contributed by atoms with E-state index in [2.05, 4.69) is 4.99 Å². The van der Waals surface area contributed by atoms with Crippen molar-refractivity contribution in [3.05, 3.63) is 24.5 Å². The van der Waals surface area contributed by atoms with Gasteiger partial charge in [-0.2, -0.15) is 0 Å². The molecule has 1 aliphatic rings. The Morgan fingerprint density at radius 3 is 3.25 bits per heavy atom. The second-order valence-corrected chi connectivity index (χ2v) is 1.34. The van der Waals surface area contributed by atoms with Crippen molar-refractivity contribution in [3.8, 4) is 0 Å². The molecule has 0 aromatic carbocycles. The fourth-order valence-electron chi connectivity index (χ4n) is 0.405. The van der Waals surface area contributed by atoms with E-state index in [-0.39, 0.29) is 0 Å². The van der Waals surface area contributed by atoms with Crippen molar-refractivity contribution in [2.45, 2.75) is 0 Å². The normalized spacial score (nSPS) is 29.0. The highest BCUT2D eigenvalue weighted by Gasteiger charge is 1.73. The zero-order valence-electron chi connectivity index (χ0n) is 4.45. The minimum atomic E-state index is 0.431. The van der Waals surface area contributed by atoms with Gasteiger partial charge in [0.15, 0.2) is 6.73 Å². The van der Waals surface area contributed by atoms with E-state index >= 15 is 0 Å². The van der Waals surface area contributed by atoms with Crippen LogP contribution in [0.4, 0.5) is 0 Å². The van der Waals surface area contributed by atoms with Crippen molar-refractivity contribution < 1.29 is 4.74 Å². The third-order valence-corrected chi connectivity index (χ3v) is 0.738. The molecule has 0 radical (unpaired) electrons. The minimum Gasteiger partial charge on any atom is -0.479 e. The zero-order chi connectivity index (χ0) is 5.66. The minimum absolute atomic E-state index is 0.431. The van der Waals surface area contributed by atoms with Gasteiger partial charge in [-0.05, 0) is 12.2 Å². The molecule has 0 aromatic rings. The van der Waals surface area contributed by atoms with E-state index in [1.54, 1.807) is 12.5 Å². The number of rotatable bonds is 0. The van der Waals surface area contributed by atoms with E-state index in [1.165, 1.54) is 0 Å². The molecular formula is C6H7NO. The smallest absolute Gasteiger partial charge is 0.178 e. The van der Waals surface area contributed by atoms with Crippen LogP contribution in [-0.4, -0.2) is 12.9 Å². The molecule has 1 rings (SSSR count). The first-order valence-electron chi connectivity index (χ1n) is 2.43. The lowest BCUT2D eigenvalue weighted by molar-refractivity contribution is 0.262. The van der Waals surface area contributed by atoms with Crippen LogP contribution in [0.2, 0.25) is 0 Å². The van der Waals surface area contributed by atoms with Crippen molar-refractivity contribution in [2.24, 2.45) is 4.99 Å². The fourth-order valence-corrected chi connectivity index (χ4v) is 0.405. The average Bonchev–Trinajstić information content (AvgIpc) is 1.62. The number of hydrogen-bond acceptors (Lipinski definition) is 2. The van der Waals surface area contributed by atoms with Crippen LogP contribution in [0.3, 0.4) is 0 Å². The summed E-state index contributed by atoms with van der Waals surface area (Å²) in [5.74, 6) is 0. The maximum Gasteiger partial charge on any atom is 0.178 e. The summed E-state index contributed by atoms with van der Waals surface area (Å²) in [7, 11) is 0. The van der Waals surface area contributed by atoms with Gasteiger partial charge in [0.25, 0.3) is 0 Å². The molecule has 0 bridgehead atoms. The van der Waals surface area contributed by atoms with Crippen LogP contribution in [0.1, 0.15) is 0 Å². The largest absolute Gasteiger partial charge is 0.479 e. The first-order chi connectivity index (χ1) is 4.00. The Morgan fingerprint density at radius 1 is 1.25 bits per heavy atom. The Labute approximate surface area is 48.2 Å². The summed E-state index contributed by atoms with van der Waals surface area (Å²) in [6.07, 6.45) is 8.88. The Balaban J connectivity index is 2.51.